The first-order valence-electron chi connectivity index (χ1n) is 7.90. The number of amides is 1. The number of pyridine rings is 1. The van der Waals surface area contributed by atoms with Crippen molar-refractivity contribution in [3.05, 3.63) is 41.6 Å². The molecular formula is C18H16N2O7. The molecule has 140 valence electrons. The molecule has 1 aromatic carbocycles. The maximum Gasteiger partial charge on any atom is 0.344 e. The van der Waals surface area contributed by atoms with Gasteiger partial charge in [-0.25, -0.2) is 9.78 Å². The lowest BCUT2D eigenvalue weighted by molar-refractivity contribution is -0.119. The molecule has 0 saturated carbocycles. The maximum absolute atomic E-state index is 12.2. The summed E-state index contributed by atoms with van der Waals surface area (Å²) in [6.45, 7) is 0.846. The molecule has 0 aliphatic carbocycles. The van der Waals surface area contributed by atoms with E-state index in [9.17, 15) is 14.4 Å². The molecule has 0 unspecified atom stereocenters. The largest absolute Gasteiger partial charge is 0.480 e. The number of hydrogen-bond donors (Lipinski definition) is 1. The molecule has 9 nitrogen and oxygen atoms in total. The van der Waals surface area contributed by atoms with E-state index in [2.05, 4.69) is 10.3 Å². The summed E-state index contributed by atoms with van der Waals surface area (Å²) in [5, 5.41) is 2.54. The van der Waals surface area contributed by atoms with Crippen LogP contribution in [0.4, 0.5) is 5.69 Å². The molecule has 3 rings (SSSR count). The van der Waals surface area contributed by atoms with E-state index in [1.807, 2.05) is 0 Å². The Morgan fingerprint density at radius 2 is 1.93 bits per heavy atom. The number of nitrogens with one attached hydrogen (secondary N) is 1. The molecular weight excluding hydrogens is 356 g/mol. The van der Waals surface area contributed by atoms with Gasteiger partial charge in [0.1, 0.15) is 5.56 Å². The van der Waals surface area contributed by atoms with Gasteiger partial charge in [0.25, 0.3) is 5.91 Å². The molecule has 1 aromatic heterocycles. The number of carbonyl (C=O) groups is 3. The normalized spacial score (nSPS) is 11.6. The van der Waals surface area contributed by atoms with Crippen LogP contribution >= 0.6 is 0 Å². The van der Waals surface area contributed by atoms with Gasteiger partial charge >= 0.3 is 5.97 Å². The zero-order chi connectivity index (χ0) is 19.4. The minimum absolute atomic E-state index is 0.0363. The van der Waals surface area contributed by atoms with Crippen LogP contribution < -0.4 is 19.5 Å². The lowest BCUT2D eigenvalue weighted by atomic mass is 10.1. The minimum Gasteiger partial charge on any atom is -0.480 e. The number of esters is 1. The fraction of sp³-hybridized carbons (Fsp3) is 0.222. The summed E-state index contributed by atoms with van der Waals surface area (Å²) in [5.41, 5.74) is 0.597. The first-order chi connectivity index (χ1) is 13.0. The van der Waals surface area contributed by atoms with Crippen molar-refractivity contribution in [3.8, 4) is 17.4 Å². The van der Waals surface area contributed by atoms with Crippen molar-refractivity contribution in [1.82, 2.24) is 4.98 Å². The van der Waals surface area contributed by atoms with Crippen LogP contribution in [0.15, 0.2) is 30.5 Å². The summed E-state index contributed by atoms with van der Waals surface area (Å²) in [5.74, 6) is -0.709. The van der Waals surface area contributed by atoms with Crippen LogP contribution in [-0.4, -0.2) is 43.2 Å². The second kappa shape index (κ2) is 7.73. The van der Waals surface area contributed by atoms with Crippen molar-refractivity contribution in [3.63, 3.8) is 0 Å². The van der Waals surface area contributed by atoms with E-state index in [1.165, 1.54) is 38.4 Å². The molecule has 0 saturated heterocycles. The Balaban J connectivity index is 1.68. The smallest absolute Gasteiger partial charge is 0.344 e. The number of anilines is 1. The predicted octanol–water partition coefficient (Wildman–Crippen LogP) is 1.82. The van der Waals surface area contributed by atoms with Gasteiger partial charge in [0, 0.05) is 17.8 Å². The molecule has 0 atom stereocenters. The average molecular weight is 372 g/mol. The van der Waals surface area contributed by atoms with Gasteiger partial charge in [-0.3, -0.25) is 9.59 Å². The number of hydrogen-bond acceptors (Lipinski definition) is 8. The molecule has 1 N–H and O–H groups in total. The van der Waals surface area contributed by atoms with Crippen molar-refractivity contribution in [2.75, 3.05) is 25.8 Å². The number of rotatable bonds is 6. The number of nitrogens with zero attached hydrogens (tertiary/aromatic N) is 1. The summed E-state index contributed by atoms with van der Waals surface area (Å²) < 4.78 is 20.4. The molecule has 1 amide bonds. The quantitative estimate of drug-likeness (QED) is 0.603. The van der Waals surface area contributed by atoms with Crippen molar-refractivity contribution in [1.29, 1.82) is 0 Å². The van der Waals surface area contributed by atoms with Crippen LogP contribution in [0, 0.1) is 0 Å². The van der Waals surface area contributed by atoms with Crippen LogP contribution in [0.1, 0.15) is 27.6 Å². The summed E-state index contributed by atoms with van der Waals surface area (Å²) in [4.78, 5) is 40.0. The van der Waals surface area contributed by atoms with E-state index in [4.69, 9.17) is 18.9 Å². The number of ketones is 1. The highest BCUT2D eigenvalue weighted by Crippen LogP contribution is 2.37. The lowest BCUT2D eigenvalue weighted by Crippen LogP contribution is -2.22. The van der Waals surface area contributed by atoms with Gasteiger partial charge in [0.15, 0.2) is 23.9 Å². The van der Waals surface area contributed by atoms with E-state index >= 15 is 0 Å². The first kappa shape index (κ1) is 18.2. The molecule has 0 fully saturated rings. The molecule has 2 heterocycles. The van der Waals surface area contributed by atoms with Gasteiger partial charge in [0.2, 0.25) is 12.7 Å². The van der Waals surface area contributed by atoms with Crippen molar-refractivity contribution < 1.29 is 33.3 Å². The maximum atomic E-state index is 12.2. The van der Waals surface area contributed by atoms with Crippen molar-refractivity contribution in [2.45, 2.75) is 6.92 Å². The van der Waals surface area contributed by atoms with Crippen molar-refractivity contribution >= 4 is 23.3 Å². The number of ether oxygens (including phenoxy) is 4. The topological polar surface area (TPSA) is 113 Å². The second-order valence-electron chi connectivity index (χ2n) is 5.49. The molecule has 2 aromatic rings. The Labute approximate surface area is 154 Å². The fourth-order valence-corrected chi connectivity index (χ4v) is 2.44. The number of aromatic nitrogens is 1. The van der Waals surface area contributed by atoms with Crippen molar-refractivity contribution in [2.24, 2.45) is 0 Å². The Bertz CT molecular complexity index is 911. The molecule has 1 aliphatic rings. The van der Waals surface area contributed by atoms with E-state index in [-0.39, 0.29) is 35.3 Å². The van der Waals surface area contributed by atoms with Crippen LogP contribution in [-0.2, 0) is 9.53 Å². The number of fused-ring (bicyclic) bond motifs is 1. The van der Waals surface area contributed by atoms with Crippen LogP contribution in [0.25, 0.3) is 0 Å². The molecule has 9 heteroatoms. The Morgan fingerprint density at radius 1 is 1.19 bits per heavy atom. The third-order valence-corrected chi connectivity index (χ3v) is 3.68. The highest BCUT2D eigenvalue weighted by atomic mass is 16.7. The fourth-order valence-electron chi connectivity index (χ4n) is 2.44. The average Bonchev–Trinajstić information content (AvgIpc) is 3.12. The van der Waals surface area contributed by atoms with Gasteiger partial charge in [-0.1, -0.05) is 0 Å². The van der Waals surface area contributed by atoms with Crippen LogP contribution in [0.2, 0.25) is 0 Å². The van der Waals surface area contributed by atoms with E-state index in [1.54, 1.807) is 6.07 Å². The Morgan fingerprint density at radius 3 is 2.63 bits per heavy atom. The number of methoxy groups -OCH3 is 1. The highest BCUT2D eigenvalue weighted by molar-refractivity contribution is 6.05. The second-order valence-corrected chi connectivity index (χ2v) is 5.49. The number of benzene rings is 1. The minimum atomic E-state index is -0.757. The summed E-state index contributed by atoms with van der Waals surface area (Å²) in [6, 6.07) is 6.00. The highest BCUT2D eigenvalue weighted by Gasteiger charge is 2.21. The lowest BCUT2D eigenvalue weighted by Gasteiger charge is -2.11. The third kappa shape index (κ3) is 3.97. The van der Waals surface area contributed by atoms with Gasteiger partial charge in [-0.15, -0.1) is 0 Å². The summed E-state index contributed by atoms with van der Waals surface area (Å²) in [7, 11) is 1.37. The molecule has 0 bridgehead atoms. The van der Waals surface area contributed by atoms with E-state index in [0.29, 0.717) is 11.5 Å². The standard InChI is InChI=1S/C18H16N2O7/c1-10(21)12-6-14-15(27-9-26-14)7-13(12)20-16(22)8-25-18(23)11-4-3-5-19-17(11)24-2/h3-7H,8-9H2,1-2H3,(H,20,22). The Kier molecular flexibility index (Phi) is 5.20. The van der Waals surface area contributed by atoms with Gasteiger partial charge < -0.3 is 24.3 Å². The molecule has 0 radical (unpaired) electrons. The molecule has 27 heavy (non-hydrogen) atoms. The van der Waals surface area contributed by atoms with E-state index in [0.717, 1.165) is 0 Å². The SMILES string of the molecule is COc1ncccc1C(=O)OCC(=O)Nc1cc2c(cc1C(C)=O)OCO2. The first-order valence-corrected chi connectivity index (χ1v) is 7.90. The van der Waals surface area contributed by atoms with Gasteiger partial charge in [-0.2, -0.15) is 0 Å². The third-order valence-electron chi connectivity index (χ3n) is 3.68. The molecule has 0 spiro atoms. The summed E-state index contributed by atoms with van der Waals surface area (Å²) >= 11 is 0. The van der Waals surface area contributed by atoms with Crippen LogP contribution in [0.5, 0.6) is 17.4 Å². The monoisotopic (exact) mass is 372 g/mol. The molecule has 1 aliphatic heterocycles. The Hall–Kier alpha value is -3.62. The zero-order valence-electron chi connectivity index (χ0n) is 14.6. The zero-order valence-corrected chi connectivity index (χ0v) is 14.6. The van der Waals surface area contributed by atoms with Gasteiger partial charge in [-0.05, 0) is 25.1 Å². The predicted molar refractivity (Wildman–Crippen MR) is 92.3 cm³/mol. The van der Waals surface area contributed by atoms with Crippen LogP contribution in [0.3, 0.4) is 0 Å². The summed E-state index contributed by atoms with van der Waals surface area (Å²) in [6.07, 6.45) is 1.46. The number of Topliss-reactive ketones (excluding diaryl/α,β-unsaturated/α-hetero) is 1. The van der Waals surface area contributed by atoms with E-state index < -0.39 is 18.5 Å². The number of carbonyl (C=O) groups excluding carboxylic acids is 3. The van der Waals surface area contributed by atoms with Gasteiger partial charge in [0.05, 0.1) is 12.8 Å².